The monoisotopic (exact) mass is 255 g/mol. The standard InChI is InChI=1S/C15H17N3O/c1-3-16-13-9-5-4-8-12(13)15(19)18(2)14-10-6-7-11-17-14/h4-11,16H,3H2,1-2H3. The van der Waals surface area contributed by atoms with E-state index >= 15 is 0 Å². The molecule has 0 saturated carbocycles. The molecule has 1 heterocycles. The van der Waals surface area contributed by atoms with Crippen molar-refractivity contribution in [3.05, 3.63) is 54.2 Å². The third-order valence-corrected chi connectivity index (χ3v) is 2.82. The largest absolute Gasteiger partial charge is 0.385 e. The summed E-state index contributed by atoms with van der Waals surface area (Å²) in [6.45, 7) is 2.78. The van der Waals surface area contributed by atoms with E-state index in [0.717, 1.165) is 12.2 Å². The zero-order chi connectivity index (χ0) is 13.7. The van der Waals surface area contributed by atoms with E-state index in [0.29, 0.717) is 11.4 Å². The maximum Gasteiger partial charge on any atom is 0.261 e. The lowest BCUT2D eigenvalue weighted by atomic mass is 10.1. The van der Waals surface area contributed by atoms with Crippen molar-refractivity contribution in [1.29, 1.82) is 0 Å². The summed E-state index contributed by atoms with van der Waals surface area (Å²) in [6.07, 6.45) is 1.68. The summed E-state index contributed by atoms with van der Waals surface area (Å²) in [7, 11) is 1.73. The van der Waals surface area contributed by atoms with Crippen molar-refractivity contribution in [2.75, 3.05) is 23.8 Å². The molecule has 0 bridgehead atoms. The summed E-state index contributed by atoms with van der Waals surface area (Å²) in [6, 6.07) is 13.0. The van der Waals surface area contributed by atoms with Gasteiger partial charge in [-0.1, -0.05) is 18.2 Å². The first kappa shape index (κ1) is 13.1. The van der Waals surface area contributed by atoms with Crippen molar-refractivity contribution in [2.24, 2.45) is 0 Å². The summed E-state index contributed by atoms with van der Waals surface area (Å²) >= 11 is 0. The van der Waals surface area contributed by atoms with Gasteiger partial charge in [-0.3, -0.25) is 9.69 Å². The summed E-state index contributed by atoms with van der Waals surface area (Å²) in [5.74, 6) is 0.564. The number of benzene rings is 1. The smallest absolute Gasteiger partial charge is 0.261 e. The van der Waals surface area contributed by atoms with E-state index in [1.165, 1.54) is 0 Å². The van der Waals surface area contributed by atoms with Crippen molar-refractivity contribution in [3.8, 4) is 0 Å². The van der Waals surface area contributed by atoms with Crippen LogP contribution in [0.1, 0.15) is 17.3 Å². The quantitative estimate of drug-likeness (QED) is 0.913. The third kappa shape index (κ3) is 2.91. The molecule has 4 heteroatoms. The molecule has 0 atom stereocenters. The van der Waals surface area contributed by atoms with E-state index in [9.17, 15) is 4.79 Å². The Kier molecular flexibility index (Phi) is 4.13. The third-order valence-electron chi connectivity index (χ3n) is 2.82. The maximum absolute atomic E-state index is 12.5. The number of carbonyl (C=O) groups is 1. The van der Waals surface area contributed by atoms with Crippen LogP contribution in [0.3, 0.4) is 0 Å². The minimum atomic E-state index is -0.0738. The van der Waals surface area contributed by atoms with Crippen LogP contribution in [-0.4, -0.2) is 24.5 Å². The number of carbonyl (C=O) groups excluding carboxylic acids is 1. The molecule has 1 aromatic heterocycles. The van der Waals surface area contributed by atoms with E-state index in [-0.39, 0.29) is 5.91 Å². The Labute approximate surface area is 113 Å². The highest BCUT2D eigenvalue weighted by Crippen LogP contribution is 2.19. The van der Waals surface area contributed by atoms with Crippen molar-refractivity contribution >= 4 is 17.4 Å². The van der Waals surface area contributed by atoms with Crippen LogP contribution in [0.25, 0.3) is 0 Å². The van der Waals surface area contributed by atoms with Crippen LogP contribution in [0.15, 0.2) is 48.7 Å². The zero-order valence-corrected chi connectivity index (χ0v) is 11.1. The Balaban J connectivity index is 2.29. The summed E-state index contributed by atoms with van der Waals surface area (Å²) in [5.41, 5.74) is 1.50. The Morgan fingerprint density at radius 1 is 1.21 bits per heavy atom. The van der Waals surface area contributed by atoms with Gasteiger partial charge in [-0.25, -0.2) is 4.98 Å². The second-order valence-electron chi connectivity index (χ2n) is 4.13. The highest BCUT2D eigenvalue weighted by Gasteiger charge is 2.16. The number of anilines is 2. The van der Waals surface area contributed by atoms with Crippen LogP contribution in [0.5, 0.6) is 0 Å². The van der Waals surface area contributed by atoms with Crippen LogP contribution in [0, 0.1) is 0 Å². The van der Waals surface area contributed by atoms with E-state index < -0.39 is 0 Å². The van der Waals surface area contributed by atoms with Crippen molar-refractivity contribution in [1.82, 2.24) is 4.98 Å². The van der Waals surface area contributed by atoms with Gasteiger partial charge in [-0.2, -0.15) is 0 Å². The van der Waals surface area contributed by atoms with Crippen LogP contribution < -0.4 is 10.2 Å². The van der Waals surface area contributed by atoms with Crippen LogP contribution in [-0.2, 0) is 0 Å². The number of nitrogens with one attached hydrogen (secondary N) is 1. The second-order valence-corrected chi connectivity index (χ2v) is 4.13. The van der Waals surface area contributed by atoms with Crippen LogP contribution in [0.4, 0.5) is 11.5 Å². The number of hydrogen-bond acceptors (Lipinski definition) is 3. The van der Waals surface area contributed by atoms with Crippen molar-refractivity contribution in [3.63, 3.8) is 0 Å². The average Bonchev–Trinajstić information content (AvgIpc) is 2.47. The van der Waals surface area contributed by atoms with E-state index in [1.54, 1.807) is 18.1 Å². The molecule has 1 N–H and O–H groups in total. The lowest BCUT2D eigenvalue weighted by Crippen LogP contribution is -2.27. The van der Waals surface area contributed by atoms with Crippen molar-refractivity contribution < 1.29 is 4.79 Å². The normalized spacial score (nSPS) is 10.0. The van der Waals surface area contributed by atoms with Crippen molar-refractivity contribution in [2.45, 2.75) is 6.92 Å². The van der Waals surface area contributed by atoms with E-state index in [1.807, 2.05) is 49.4 Å². The predicted molar refractivity (Wildman–Crippen MR) is 77.6 cm³/mol. The molecule has 2 rings (SSSR count). The fourth-order valence-corrected chi connectivity index (χ4v) is 1.85. The first-order valence-electron chi connectivity index (χ1n) is 6.26. The molecule has 0 radical (unpaired) electrons. The molecule has 0 aliphatic carbocycles. The number of pyridine rings is 1. The molecule has 1 amide bonds. The molecule has 98 valence electrons. The molecule has 2 aromatic rings. The molecule has 0 spiro atoms. The van der Waals surface area contributed by atoms with Gasteiger partial charge >= 0.3 is 0 Å². The Morgan fingerprint density at radius 2 is 1.95 bits per heavy atom. The second kappa shape index (κ2) is 6.00. The first-order valence-corrected chi connectivity index (χ1v) is 6.26. The summed E-state index contributed by atoms with van der Waals surface area (Å²) in [5, 5.41) is 3.20. The lowest BCUT2D eigenvalue weighted by molar-refractivity contribution is 0.0993. The maximum atomic E-state index is 12.5. The highest BCUT2D eigenvalue weighted by atomic mass is 16.2. The molecule has 0 unspecified atom stereocenters. The predicted octanol–water partition coefficient (Wildman–Crippen LogP) is 2.79. The minimum absolute atomic E-state index is 0.0738. The van der Waals surface area contributed by atoms with Crippen LogP contribution >= 0.6 is 0 Å². The van der Waals surface area contributed by atoms with Gasteiger partial charge in [0.2, 0.25) is 0 Å². The molecule has 0 fully saturated rings. The Bertz CT molecular complexity index is 554. The number of hydrogen-bond donors (Lipinski definition) is 1. The van der Waals surface area contributed by atoms with Gasteiger partial charge in [-0.15, -0.1) is 0 Å². The van der Waals surface area contributed by atoms with Gasteiger partial charge in [-0.05, 0) is 31.2 Å². The van der Waals surface area contributed by atoms with Crippen LogP contribution in [0.2, 0.25) is 0 Å². The van der Waals surface area contributed by atoms with E-state index in [4.69, 9.17) is 0 Å². The Hall–Kier alpha value is -2.36. The topological polar surface area (TPSA) is 45.2 Å². The molecule has 1 aromatic carbocycles. The number of rotatable bonds is 4. The molecule has 0 saturated heterocycles. The summed E-state index contributed by atoms with van der Waals surface area (Å²) < 4.78 is 0. The van der Waals surface area contributed by atoms with Gasteiger partial charge in [0.15, 0.2) is 0 Å². The summed E-state index contributed by atoms with van der Waals surface area (Å²) in [4.78, 5) is 18.2. The average molecular weight is 255 g/mol. The highest BCUT2D eigenvalue weighted by molar-refractivity contribution is 6.08. The molecular weight excluding hydrogens is 238 g/mol. The minimum Gasteiger partial charge on any atom is -0.385 e. The number of para-hydroxylation sites is 1. The first-order chi connectivity index (χ1) is 9.24. The van der Waals surface area contributed by atoms with Gasteiger partial charge in [0.25, 0.3) is 5.91 Å². The SMILES string of the molecule is CCNc1ccccc1C(=O)N(C)c1ccccn1. The molecule has 0 aliphatic rings. The van der Waals surface area contributed by atoms with E-state index in [2.05, 4.69) is 10.3 Å². The van der Waals surface area contributed by atoms with Gasteiger partial charge < -0.3 is 5.32 Å². The molecule has 19 heavy (non-hydrogen) atoms. The fraction of sp³-hybridized carbons (Fsp3) is 0.200. The molecule has 0 aliphatic heterocycles. The van der Waals surface area contributed by atoms with Gasteiger partial charge in [0, 0.05) is 25.5 Å². The number of amides is 1. The fourth-order valence-electron chi connectivity index (χ4n) is 1.85. The zero-order valence-electron chi connectivity index (χ0n) is 11.1. The number of nitrogens with zero attached hydrogens (tertiary/aromatic N) is 2. The van der Waals surface area contributed by atoms with Gasteiger partial charge in [0.05, 0.1) is 5.56 Å². The molecule has 4 nitrogen and oxygen atoms in total. The molecular formula is C15H17N3O. The Morgan fingerprint density at radius 3 is 2.63 bits per heavy atom. The van der Waals surface area contributed by atoms with Gasteiger partial charge in [0.1, 0.15) is 5.82 Å². The lowest BCUT2D eigenvalue weighted by Gasteiger charge is -2.18. The number of aromatic nitrogens is 1.